The maximum Gasteiger partial charge on any atom is 0.311 e. The van der Waals surface area contributed by atoms with Crippen molar-refractivity contribution in [1.29, 1.82) is 0 Å². The van der Waals surface area contributed by atoms with Crippen molar-refractivity contribution in [3.8, 4) is 16.4 Å². The minimum atomic E-state index is -0.565. The molecular formula is C20H16FN5O3S2. The van der Waals surface area contributed by atoms with Crippen LogP contribution in [0.3, 0.4) is 0 Å². The molecule has 0 unspecified atom stereocenters. The molecule has 0 aliphatic rings. The van der Waals surface area contributed by atoms with Gasteiger partial charge in [0.25, 0.3) is 5.91 Å². The van der Waals surface area contributed by atoms with Crippen LogP contribution in [0, 0.1) is 5.82 Å². The number of aromatic nitrogens is 4. The van der Waals surface area contributed by atoms with E-state index in [-0.39, 0.29) is 18.2 Å². The number of rotatable bonds is 7. The lowest BCUT2D eigenvalue weighted by atomic mass is 10.3. The number of anilines is 1. The van der Waals surface area contributed by atoms with Crippen LogP contribution in [0.15, 0.2) is 47.2 Å². The average Bonchev–Trinajstić information content (AvgIpc) is 3.49. The van der Waals surface area contributed by atoms with Crippen molar-refractivity contribution >= 4 is 39.7 Å². The Labute approximate surface area is 184 Å². The van der Waals surface area contributed by atoms with E-state index < -0.39 is 11.7 Å². The molecule has 1 N–H and O–H groups in total. The van der Waals surface area contributed by atoms with Gasteiger partial charge in [0, 0.05) is 5.38 Å². The minimum absolute atomic E-state index is 0.0230. The summed E-state index contributed by atoms with van der Waals surface area (Å²) in [6, 6.07) is 9.58. The number of thiophene rings is 1. The summed E-state index contributed by atoms with van der Waals surface area (Å²) in [5.74, 6) is -1.04. The van der Waals surface area contributed by atoms with E-state index in [1.807, 2.05) is 17.5 Å². The fraction of sp³-hybridized carbons (Fsp3) is 0.150. The molecule has 0 atom stereocenters. The number of esters is 1. The average molecular weight is 458 g/mol. The van der Waals surface area contributed by atoms with E-state index >= 15 is 0 Å². The van der Waals surface area contributed by atoms with Gasteiger partial charge in [0.2, 0.25) is 5.82 Å². The van der Waals surface area contributed by atoms with Crippen LogP contribution in [0.2, 0.25) is 0 Å². The lowest BCUT2D eigenvalue weighted by Crippen LogP contribution is -2.14. The highest BCUT2D eigenvalue weighted by atomic mass is 32.1. The van der Waals surface area contributed by atoms with Crippen molar-refractivity contribution in [3.05, 3.63) is 64.5 Å². The molecule has 0 bridgehead atoms. The van der Waals surface area contributed by atoms with Crippen LogP contribution in [-0.2, 0) is 16.0 Å². The summed E-state index contributed by atoms with van der Waals surface area (Å²) in [6.45, 7) is 2.02. The molecule has 0 aliphatic carbocycles. The lowest BCUT2D eigenvalue weighted by Gasteiger charge is -2.04. The normalized spacial score (nSPS) is 10.8. The third kappa shape index (κ3) is 4.84. The van der Waals surface area contributed by atoms with Gasteiger partial charge in [-0.1, -0.05) is 12.1 Å². The number of nitrogens with one attached hydrogen (secondary N) is 1. The van der Waals surface area contributed by atoms with Crippen molar-refractivity contribution in [3.63, 3.8) is 0 Å². The Morgan fingerprint density at radius 1 is 1.19 bits per heavy atom. The second-order valence-corrected chi connectivity index (χ2v) is 8.01. The van der Waals surface area contributed by atoms with Crippen LogP contribution >= 0.6 is 22.7 Å². The third-order valence-corrected chi connectivity index (χ3v) is 5.68. The van der Waals surface area contributed by atoms with Crippen LogP contribution in [0.4, 0.5) is 9.52 Å². The Kier molecular flexibility index (Phi) is 6.14. The maximum absolute atomic E-state index is 13.7. The number of benzene rings is 1. The smallest absolute Gasteiger partial charge is 0.311 e. The van der Waals surface area contributed by atoms with E-state index in [9.17, 15) is 14.0 Å². The van der Waals surface area contributed by atoms with Crippen molar-refractivity contribution in [2.24, 2.45) is 0 Å². The number of hydrogen-bond acceptors (Lipinski definition) is 8. The highest BCUT2D eigenvalue weighted by Crippen LogP contribution is 2.26. The molecule has 0 saturated heterocycles. The number of carbonyl (C=O) groups excluding carboxylic acids is 2. The minimum Gasteiger partial charge on any atom is -0.466 e. The summed E-state index contributed by atoms with van der Waals surface area (Å²) in [4.78, 5) is 33.7. The highest BCUT2D eigenvalue weighted by Gasteiger charge is 2.21. The number of hydrogen-bond donors (Lipinski definition) is 1. The Hall–Kier alpha value is -3.44. The zero-order valence-corrected chi connectivity index (χ0v) is 17.9. The zero-order chi connectivity index (χ0) is 21.8. The molecule has 0 saturated carbocycles. The van der Waals surface area contributed by atoms with Gasteiger partial charge in [-0.15, -0.1) is 27.8 Å². The molecule has 1 aromatic carbocycles. The standard InChI is InChI=1S/C20H16FN5O3S2/c1-2-29-16(27)10-13-11-31-20(22-13)24-19(28)17-23-18(15-7-4-8-30-15)26(25-17)14-6-3-5-12(21)9-14/h3-9,11H,2,10H2,1H3,(H,22,24,28). The van der Waals surface area contributed by atoms with Gasteiger partial charge < -0.3 is 4.74 Å². The molecule has 4 rings (SSSR count). The molecule has 1 amide bonds. The van der Waals surface area contributed by atoms with Crippen LogP contribution in [0.25, 0.3) is 16.4 Å². The molecule has 31 heavy (non-hydrogen) atoms. The van der Waals surface area contributed by atoms with Gasteiger partial charge in [0.1, 0.15) is 5.82 Å². The Bertz CT molecular complexity index is 1220. The van der Waals surface area contributed by atoms with E-state index in [0.717, 1.165) is 4.88 Å². The molecule has 0 fully saturated rings. The van der Waals surface area contributed by atoms with Gasteiger partial charge in [0.05, 0.1) is 29.3 Å². The predicted octanol–water partition coefficient (Wildman–Crippen LogP) is 3.95. The first-order valence-electron chi connectivity index (χ1n) is 9.21. The molecule has 0 aliphatic heterocycles. The molecule has 3 aromatic heterocycles. The van der Waals surface area contributed by atoms with Crippen LogP contribution in [-0.4, -0.2) is 38.2 Å². The van der Waals surface area contributed by atoms with Crippen molar-refractivity contribution in [2.45, 2.75) is 13.3 Å². The second-order valence-electron chi connectivity index (χ2n) is 6.21. The van der Waals surface area contributed by atoms with Crippen LogP contribution in [0.1, 0.15) is 23.2 Å². The first-order chi connectivity index (χ1) is 15.0. The summed E-state index contributed by atoms with van der Waals surface area (Å²) < 4.78 is 20.1. The SMILES string of the molecule is CCOC(=O)Cc1csc(NC(=O)c2nc(-c3cccs3)n(-c3cccc(F)c3)n2)n1. The molecule has 158 valence electrons. The number of nitrogens with zero attached hydrogens (tertiary/aromatic N) is 4. The van der Waals surface area contributed by atoms with E-state index in [2.05, 4.69) is 20.4 Å². The first kappa shape index (κ1) is 20.8. The maximum atomic E-state index is 13.7. The molecule has 11 heteroatoms. The van der Waals surface area contributed by atoms with Gasteiger partial charge in [-0.05, 0) is 36.6 Å². The van der Waals surface area contributed by atoms with Gasteiger partial charge in [-0.2, -0.15) is 0 Å². The number of carbonyl (C=O) groups is 2. The highest BCUT2D eigenvalue weighted by molar-refractivity contribution is 7.14. The molecule has 0 radical (unpaired) electrons. The summed E-state index contributed by atoms with van der Waals surface area (Å²) in [5.41, 5.74) is 0.942. The monoisotopic (exact) mass is 457 g/mol. The quantitative estimate of drug-likeness (QED) is 0.422. The largest absolute Gasteiger partial charge is 0.466 e. The molecule has 0 spiro atoms. The Morgan fingerprint density at radius 2 is 2.06 bits per heavy atom. The number of ether oxygens (including phenoxy) is 1. The van der Waals surface area contributed by atoms with E-state index in [1.54, 1.807) is 24.4 Å². The summed E-state index contributed by atoms with van der Waals surface area (Å²) >= 11 is 2.61. The third-order valence-electron chi connectivity index (χ3n) is 4.01. The van der Waals surface area contributed by atoms with Gasteiger partial charge >= 0.3 is 5.97 Å². The van der Waals surface area contributed by atoms with Crippen molar-refractivity contribution in [2.75, 3.05) is 11.9 Å². The molecule has 8 nitrogen and oxygen atoms in total. The van der Waals surface area contributed by atoms with Gasteiger partial charge in [0.15, 0.2) is 11.0 Å². The number of halogens is 1. The van der Waals surface area contributed by atoms with Gasteiger partial charge in [-0.3, -0.25) is 14.9 Å². The van der Waals surface area contributed by atoms with E-state index in [1.165, 1.54) is 39.5 Å². The fourth-order valence-corrected chi connectivity index (χ4v) is 4.12. The Balaban J connectivity index is 1.58. The summed E-state index contributed by atoms with van der Waals surface area (Å²) in [6.07, 6.45) is 0.0230. The molecule has 3 heterocycles. The van der Waals surface area contributed by atoms with Crippen molar-refractivity contribution in [1.82, 2.24) is 19.7 Å². The summed E-state index contributed by atoms with van der Waals surface area (Å²) in [5, 5.41) is 10.8. The predicted molar refractivity (Wildman–Crippen MR) is 115 cm³/mol. The number of thiazole rings is 1. The zero-order valence-electron chi connectivity index (χ0n) is 16.2. The number of amides is 1. The fourth-order valence-electron chi connectivity index (χ4n) is 2.72. The van der Waals surface area contributed by atoms with E-state index in [4.69, 9.17) is 4.74 Å². The first-order valence-corrected chi connectivity index (χ1v) is 11.0. The van der Waals surface area contributed by atoms with Crippen LogP contribution in [0.5, 0.6) is 0 Å². The van der Waals surface area contributed by atoms with Crippen molar-refractivity contribution < 1.29 is 18.7 Å². The Morgan fingerprint density at radius 3 is 2.81 bits per heavy atom. The lowest BCUT2D eigenvalue weighted by molar-refractivity contribution is -0.142. The van der Waals surface area contributed by atoms with E-state index in [0.29, 0.717) is 28.9 Å². The molecular weight excluding hydrogens is 441 g/mol. The molecule has 4 aromatic rings. The van der Waals surface area contributed by atoms with Crippen LogP contribution < -0.4 is 5.32 Å². The van der Waals surface area contributed by atoms with Gasteiger partial charge in [-0.25, -0.2) is 19.0 Å². The second kappa shape index (κ2) is 9.14. The topological polar surface area (TPSA) is 99.0 Å². The summed E-state index contributed by atoms with van der Waals surface area (Å²) in [7, 11) is 0.